The number of fused-ring (bicyclic) bond motifs is 1. The largest absolute Gasteiger partial charge is 0.369 e. The monoisotopic (exact) mass is 370 g/mol. The molecule has 1 heterocycles. The highest BCUT2D eigenvalue weighted by Crippen LogP contribution is 2.28. The summed E-state index contributed by atoms with van der Waals surface area (Å²) < 4.78 is 65.2. The molecule has 0 radical (unpaired) electrons. The number of rotatable bonds is 2. The van der Waals surface area contributed by atoms with Gasteiger partial charge in [-0.05, 0) is 18.2 Å². The Hall–Kier alpha value is -3.08. The summed E-state index contributed by atoms with van der Waals surface area (Å²) in [6.07, 6.45) is 0. The van der Waals surface area contributed by atoms with Crippen molar-refractivity contribution in [3.63, 3.8) is 0 Å². The number of carbonyl (C=O) groups is 1. The van der Waals surface area contributed by atoms with Crippen LogP contribution in [0.4, 0.5) is 24.5 Å². The molecule has 0 fully saturated rings. The molecule has 0 aromatic heterocycles. The summed E-state index contributed by atoms with van der Waals surface area (Å²) in [5.74, 6) is -5.79. The number of nitrogens with one attached hydrogen (secondary N) is 2. The van der Waals surface area contributed by atoms with Crippen LogP contribution in [0.1, 0.15) is 10.4 Å². The molecule has 2 aromatic carbocycles. The number of hydrogen-bond acceptors (Lipinski definition) is 5. The van der Waals surface area contributed by atoms with E-state index < -0.39 is 33.4 Å². The normalized spacial score (nSPS) is 14.9. The third-order valence-electron chi connectivity index (χ3n) is 3.23. The van der Waals surface area contributed by atoms with E-state index in [1.54, 1.807) is 0 Å². The molecule has 3 rings (SSSR count). The second-order valence-corrected chi connectivity index (χ2v) is 6.64. The van der Waals surface area contributed by atoms with E-state index in [2.05, 4.69) is 10.3 Å². The van der Waals surface area contributed by atoms with E-state index in [9.17, 15) is 26.4 Å². The first-order valence-electron chi connectivity index (χ1n) is 6.64. The molecular formula is C14H9F3N4O3S. The summed E-state index contributed by atoms with van der Waals surface area (Å²) in [5, 5.41) is 2.15. The fourth-order valence-corrected chi connectivity index (χ4v) is 3.24. The molecule has 0 aliphatic carbocycles. The second-order valence-electron chi connectivity index (χ2n) is 4.99. The first kappa shape index (κ1) is 16.8. The third kappa shape index (κ3) is 3.13. The van der Waals surface area contributed by atoms with Crippen LogP contribution in [0.15, 0.2) is 40.2 Å². The average Bonchev–Trinajstić information content (AvgIpc) is 2.51. The van der Waals surface area contributed by atoms with Gasteiger partial charge in [0.15, 0.2) is 17.5 Å². The van der Waals surface area contributed by atoms with Crippen LogP contribution in [0, 0.1) is 17.5 Å². The maximum atomic E-state index is 13.2. The summed E-state index contributed by atoms with van der Waals surface area (Å²) >= 11 is 0. The van der Waals surface area contributed by atoms with Crippen LogP contribution in [0.25, 0.3) is 0 Å². The minimum atomic E-state index is -3.99. The number of hydrogen-bond donors (Lipinski definition) is 3. The van der Waals surface area contributed by atoms with Crippen LogP contribution in [-0.2, 0) is 10.0 Å². The second kappa shape index (κ2) is 5.77. The number of halogens is 3. The Morgan fingerprint density at radius 1 is 1.12 bits per heavy atom. The molecule has 1 aliphatic heterocycles. The van der Waals surface area contributed by atoms with Crippen molar-refractivity contribution < 1.29 is 26.4 Å². The summed E-state index contributed by atoms with van der Waals surface area (Å²) in [6, 6.07) is 4.72. The number of amides is 1. The van der Waals surface area contributed by atoms with Crippen LogP contribution in [0.3, 0.4) is 0 Å². The van der Waals surface area contributed by atoms with Crippen LogP contribution in [0.2, 0.25) is 0 Å². The first-order valence-corrected chi connectivity index (χ1v) is 8.12. The van der Waals surface area contributed by atoms with Gasteiger partial charge in [0, 0.05) is 23.4 Å². The summed E-state index contributed by atoms with van der Waals surface area (Å²) in [6.45, 7) is 0. The maximum Gasteiger partial charge on any atom is 0.266 e. The molecule has 11 heteroatoms. The van der Waals surface area contributed by atoms with Crippen molar-refractivity contribution in [1.82, 2.24) is 4.72 Å². The van der Waals surface area contributed by atoms with Crippen molar-refractivity contribution in [3.8, 4) is 0 Å². The molecule has 0 spiro atoms. The molecule has 1 amide bonds. The van der Waals surface area contributed by atoms with Gasteiger partial charge in [-0.2, -0.15) is 0 Å². The van der Waals surface area contributed by atoms with E-state index in [1.165, 1.54) is 12.1 Å². The van der Waals surface area contributed by atoms with Gasteiger partial charge in [0.25, 0.3) is 15.9 Å². The number of aliphatic imine (C=N–C) groups is 1. The molecule has 25 heavy (non-hydrogen) atoms. The van der Waals surface area contributed by atoms with Crippen LogP contribution >= 0.6 is 0 Å². The van der Waals surface area contributed by atoms with Crippen LogP contribution in [0.5, 0.6) is 0 Å². The highest BCUT2D eigenvalue weighted by Gasteiger charge is 2.25. The lowest BCUT2D eigenvalue weighted by molar-refractivity contribution is 0.102. The third-order valence-corrected chi connectivity index (χ3v) is 4.62. The average molecular weight is 370 g/mol. The standard InChI is InChI=1S/C14H9F3N4O3S/c15-8-4-7(5-9(16)12(8)17)19-13(22)6-1-2-10-11(3-6)25(23,24)21-14(18)20-10/h1-5H,(H,19,22)(H3,18,20,21). The van der Waals surface area contributed by atoms with Crippen molar-refractivity contribution >= 4 is 33.3 Å². The Kier molecular flexibility index (Phi) is 3.87. The van der Waals surface area contributed by atoms with Gasteiger partial charge in [-0.3, -0.25) is 4.79 Å². The molecule has 0 bridgehead atoms. The van der Waals surface area contributed by atoms with Gasteiger partial charge in [0.1, 0.15) is 4.90 Å². The van der Waals surface area contributed by atoms with Crippen molar-refractivity contribution in [2.24, 2.45) is 10.7 Å². The van der Waals surface area contributed by atoms with E-state index in [1.807, 2.05) is 4.72 Å². The Labute approximate surface area is 139 Å². The molecule has 7 nitrogen and oxygen atoms in total. The zero-order chi connectivity index (χ0) is 18.4. The van der Waals surface area contributed by atoms with Crippen molar-refractivity contribution in [2.45, 2.75) is 4.90 Å². The number of nitrogens with two attached hydrogens (primary N) is 1. The molecule has 0 atom stereocenters. The highest BCUT2D eigenvalue weighted by molar-refractivity contribution is 7.90. The first-order chi connectivity index (χ1) is 11.7. The number of benzene rings is 2. The van der Waals surface area contributed by atoms with Gasteiger partial charge in [-0.1, -0.05) is 0 Å². The number of anilines is 1. The fraction of sp³-hybridized carbons (Fsp3) is 0. The SMILES string of the molecule is NC1=Nc2ccc(C(=O)Nc3cc(F)c(F)c(F)c3)cc2S(=O)(=O)N1. The summed E-state index contributed by atoms with van der Waals surface area (Å²) in [7, 11) is -3.99. The van der Waals surface area contributed by atoms with E-state index in [-0.39, 0.29) is 27.8 Å². The molecule has 130 valence electrons. The summed E-state index contributed by atoms with van der Waals surface area (Å²) in [5.41, 5.74) is 4.93. The predicted molar refractivity (Wildman–Crippen MR) is 82.3 cm³/mol. The lowest BCUT2D eigenvalue weighted by Gasteiger charge is -2.16. The van der Waals surface area contributed by atoms with Gasteiger partial charge in [0.2, 0.25) is 5.96 Å². The van der Waals surface area contributed by atoms with E-state index in [4.69, 9.17) is 5.73 Å². The Morgan fingerprint density at radius 2 is 1.76 bits per heavy atom. The lowest BCUT2D eigenvalue weighted by atomic mass is 10.2. The van der Waals surface area contributed by atoms with E-state index in [0.29, 0.717) is 12.1 Å². The number of sulfonamides is 1. The quantitative estimate of drug-likeness (QED) is 0.697. The van der Waals surface area contributed by atoms with E-state index in [0.717, 1.165) is 6.07 Å². The van der Waals surface area contributed by atoms with Gasteiger partial charge in [-0.25, -0.2) is 31.3 Å². The Morgan fingerprint density at radius 3 is 2.40 bits per heavy atom. The molecule has 2 aromatic rings. The zero-order valence-corrected chi connectivity index (χ0v) is 13.0. The van der Waals surface area contributed by atoms with Gasteiger partial charge in [0.05, 0.1) is 5.69 Å². The zero-order valence-electron chi connectivity index (χ0n) is 12.2. The molecule has 0 unspecified atom stereocenters. The number of guanidine groups is 1. The number of nitrogens with zero attached hydrogens (tertiary/aromatic N) is 1. The minimum Gasteiger partial charge on any atom is -0.369 e. The molecule has 1 aliphatic rings. The Bertz CT molecular complexity index is 1010. The molecule has 0 saturated carbocycles. The molecular weight excluding hydrogens is 361 g/mol. The predicted octanol–water partition coefficient (Wildman–Crippen LogP) is 1.59. The van der Waals surface area contributed by atoms with Gasteiger partial charge in [-0.15, -0.1) is 0 Å². The van der Waals surface area contributed by atoms with Crippen molar-refractivity contribution in [2.75, 3.05) is 5.32 Å². The summed E-state index contributed by atoms with van der Waals surface area (Å²) in [4.78, 5) is 15.7. The molecule has 0 saturated heterocycles. The highest BCUT2D eigenvalue weighted by atomic mass is 32.2. The number of carbonyl (C=O) groups excluding carboxylic acids is 1. The smallest absolute Gasteiger partial charge is 0.266 e. The van der Waals surface area contributed by atoms with Crippen molar-refractivity contribution in [3.05, 3.63) is 53.3 Å². The van der Waals surface area contributed by atoms with Crippen LogP contribution < -0.4 is 15.8 Å². The maximum absolute atomic E-state index is 13.2. The van der Waals surface area contributed by atoms with Gasteiger partial charge < -0.3 is 11.1 Å². The molecule has 4 N–H and O–H groups in total. The Balaban J connectivity index is 1.95. The van der Waals surface area contributed by atoms with Gasteiger partial charge >= 0.3 is 0 Å². The topological polar surface area (TPSA) is 114 Å². The van der Waals surface area contributed by atoms with Crippen LogP contribution in [-0.4, -0.2) is 20.3 Å². The lowest BCUT2D eigenvalue weighted by Crippen LogP contribution is -2.38. The van der Waals surface area contributed by atoms with Crippen molar-refractivity contribution in [1.29, 1.82) is 0 Å². The minimum absolute atomic E-state index is 0.0340. The fourth-order valence-electron chi connectivity index (χ4n) is 2.14. The van der Waals surface area contributed by atoms with E-state index >= 15 is 0 Å².